The molecule has 1 heterocycles. The van der Waals surface area contributed by atoms with Crippen molar-refractivity contribution in [1.29, 1.82) is 0 Å². The van der Waals surface area contributed by atoms with E-state index in [0.717, 1.165) is 36.6 Å². The molecule has 0 aliphatic heterocycles. The first-order chi connectivity index (χ1) is 10.2. The molecule has 3 rings (SSSR count). The fraction of sp³-hybridized carbons (Fsp3) is 0.294. The van der Waals surface area contributed by atoms with Crippen LogP contribution < -0.4 is 0 Å². The van der Waals surface area contributed by atoms with E-state index in [0.29, 0.717) is 0 Å². The lowest BCUT2D eigenvalue weighted by atomic mass is 10.0. The van der Waals surface area contributed by atoms with Crippen molar-refractivity contribution in [3.05, 3.63) is 59.2 Å². The Hall–Kier alpha value is -2.36. The van der Waals surface area contributed by atoms with Crippen molar-refractivity contribution in [1.82, 2.24) is 9.55 Å². The van der Waals surface area contributed by atoms with Crippen LogP contribution >= 0.6 is 0 Å². The van der Waals surface area contributed by atoms with Crippen molar-refractivity contribution in [2.45, 2.75) is 32.2 Å². The Morgan fingerprint density at radius 1 is 1.33 bits per heavy atom. The van der Waals surface area contributed by atoms with Crippen LogP contribution in [0.15, 0.2) is 36.7 Å². The lowest BCUT2D eigenvalue weighted by molar-refractivity contribution is -0.131. The van der Waals surface area contributed by atoms with Crippen LogP contribution in [0, 0.1) is 0 Å². The lowest BCUT2D eigenvalue weighted by Crippen LogP contribution is -2.09. The SMILES string of the molecule is O=C(O)/C=C/c1cccc(Cn2cnc3c2CCCC3)c1. The smallest absolute Gasteiger partial charge is 0.328 e. The van der Waals surface area contributed by atoms with Crippen molar-refractivity contribution >= 4 is 12.0 Å². The highest BCUT2D eigenvalue weighted by Gasteiger charge is 2.14. The van der Waals surface area contributed by atoms with Crippen LogP contribution in [0.3, 0.4) is 0 Å². The number of benzene rings is 1. The third-order valence-corrected chi connectivity index (χ3v) is 3.83. The maximum atomic E-state index is 10.6. The Balaban J connectivity index is 1.80. The molecule has 0 unspecified atom stereocenters. The molecular weight excluding hydrogens is 264 g/mol. The predicted molar refractivity (Wildman–Crippen MR) is 81.1 cm³/mol. The first kappa shape index (κ1) is 13.6. The summed E-state index contributed by atoms with van der Waals surface area (Å²) < 4.78 is 2.22. The summed E-state index contributed by atoms with van der Waals surface area (Å²) in [6.07, 6.45) is 9.38. The van der Waals surface area contributed by atoms with E-state index in [1.807, 2.05) is 24.5 Å². The second-order valence-corrected chi connectivity index (χ2v) is 5.39. The van der Waals surface area contributed by atoms with E-state index in [9.17, 15) is 4.79 Å². The summed E-state index contributed by atoms with van der Waals surface area (Å²) in [5.41, 5.74) is 4.66. The molecule has 1 aromatic carbocycles. The van der Waals surface area contributed by atoms with Gasteiger partial charge in [0.15, 0.2) is 0 Å². The second-order valence-electron chi connectivity index (χ2n) is 5.39. The maximum absolute atomic E-state index is 10.6. The number of carboxylic acids is 1. The molecule has 1 aliphatic rings. The number of nitrogens with zero attached hydrogens (tertiary/aromatic N) is 2. The van der Waals surface area contributed by atoms with E-state index < -0.39 is 5.97 Å². The predicted octanol–water partition coefficient (Wildman–Crippen LogP) is 2.91. The number of carboxylic acid groups (broad SMARTS) is 1. The summed E-state index contributed by atoms with van der Waals surface area (Å²) in [6.45, 7) is 0.789. The van der Waals surface area contributed by atoms with Crippen LogP contribution in [0.25, 0.3) is 6.08 Å². The van der Waals surface area contributed by atoms with Gasteiger partial charge in [0.25, 0.3) is 0 Å². The van der Waals surface area contributed by atoms with Crippen LogP contribution in [0.5, 0.6) is 0 Å². The van der Waals surface area contributed by atoms with Gasteiger partial charge in [-0.2, -0.15) is 0 Å². The summed E-state index contributed by atoms with van der Waals surface area (Å²) in [5.74, 6) is -0.927. The van der Waals surface area contributed by atoms with E-state index in [2.05, 4.69) is 15.6 Å². The van der Waals surface area contributed by atoms with Crippen LogP contribution in [0.4, 0.5) is 0 Å². The Labute approximate surface area is 123 Å². The van der Waals surface area contributed by atoms with Crippen LogP contribution in [-0.4, -0.2) is 20.6 Å². The van der Waals surface area contributed by atoms with Gasteiger partial charge in [-0.15, -0.1) is 0 Å². The monoisotopic (exact) mass is 282 g/mol. The van der Waals surface area contributed by atoms with Crippen LogP contribution in [0.2, 0.25) is 0 Å². The number of carbonyl (C=O) groups is 1. The molecule has 0 saturated heterocycles. The summed E-state index contributed by atoms with van der Waals surface area (Å²) in [7, 11) is 0. The molecular formula is C17H18N2O2. The summed E-state index contributed by atoms with van der Waals surface area (Å²) >= 11 is 0. The molecule has 0 radical (unpaired) electrons. The molecule has 0 fully saturated rings. The van der Waals surface area contributed by atoms with Crippen molar-refractivity contribution < 1.29 is 9.90 Å². The molecule has 1 aliphatic carbocycles. The Morgan fingerprint density at radius 3 is 3.05 bits per heavy atom. The number of aliphatic carboxylic acids is 1. The number of fused-ring (bicyclic) bond motifs is 1. The number of rotatable bonds is 4. The fourth-order valence-electron chi connectivity index (χ4n) is 2.83. The Kier molecular flexibility index (Phi) is 3.86. The number of hydrogen-bond acceptors (Lipinski definition) is 2. The standard InChI is InChI=1S/C17H18N2O2/c20-17(21)9-8-13-4-3-5-14(10-13)11-19-12-18-15-6-1-2-7-16(15)19/h3-5,8-10,12H,1-2,6-7,11H2,(H,20,21)/b9-8+. The molecule has 0 atom stereocenters. The number of aryl methyl sites for hydroxylation is 1. The minimum absolute atomic E-state index is 0.789. The molecule has 0 saturated carbocycles. The molecule has 0 spiro atoms. The quantitative estimate of drug-likeness (QED) is 0.877. The normalized spacial score (nSPS) is 14.3. The zero-order chi connectivity index (χ0) is 14.7. The fourth-order valence-corrected chi connectivity index (χ4v) is 2.83. The molecule has 1 N–H and O–H groups in total. The molecule has 0 bridgehead atoms. The van der Waals surface area contributed by atoms with Gasteiger partial charge in [-0.1, -0.05) is 18.2 Å². The highest BCUT2D eigenvalue weighted by Crippen LogP contribution is 2.21. The molecule has 108 valence electrons. The van der Waals surface area contributed by atoms with Gasteiger partial charge in [0.05, 0.1) is 12.0 Å². The van der Waals surface area contributed by atoms with Crippen LogP contribution in [-0.2, 0) is 24.2 Å². The van der Waals surface area contributed by atoms with E-state index in [4.69, 9.17) is 5.11 Å². The van der Waals surface area contributed by atoms with Gasteiger partial charge in [0.2, 0.25) is 0 Å². The lowest BCUT2D eigenvalue weighted by Gasteiger charge is -2.14. The van der Waals surface area contributed by atoms with Gasteiger partial charge in [0.1, 0.15) is 0 Å². The van der Waals surface area contributed by atoms with Crippen molar-refractivity contribution in [2.75, 3.05) is 0 Å². The van der Waals surface area contributed by atoms with Gasteiger partial charge in [-0.05, 0) is 49.0 Å². The Bertz CT molecular complexity index is 686. The molecule has 4 heteroatoms. The minimum Gasteiger partial charge on any atom is -0.478 e. The van der Waals surface area contributed by atoms with Gasteiger partial charge in [-0.25, -0.2) is 9.78 Å². The van der Waals surface area contributed by atoms with Crippen molar-refractivity contribution in [3.8, 4) is 0 Å². The zero-order valence-electron chi connectivity index (χ0n) is 11.8. The van der Waals surface area contributed by atoms with Crippen LogP contribution in [0.1, 0.15) is 35.4 Å². The highest BCUT2D eigenvalue weighted by atomic mass is 16.4. The molecule has 4 nitrogen and oxygen atoms in total. The van der Waals surface area contributed by atoms with Gasteiger partial charge >= 0.3 is 5.97 Å². The summed E-state index contributed by atoms with van der Waals surface area (Å²) in [4.78, 5) is 15.1. The molecule has 1 aromatic heterocycles. The van der Waals surface area contributed by atoms with E-state index >= 15 is 0 Å². The average Bonchev–Trinajstić information content (AvgIpc) is 2.89. The van der Waals surface area contributed by atoms with E-state index in [-0.39, 0.29) is 0 Å². The zero-order valence-corrected chi connectivity index (χ0v) is 11.8. The molecule has 21 heavy (non-hydrogen) atoms. The molecule has 2 aromatic rings. The molecule has 0 amide bonds. The third-order valence-electron chi connectivity index (χ3n) is 3.83. The highest BCUT2D eigenvalue weighted by molar-refractivity contribution is 5.85. The number of hydrogen-bond donors (Lipinski definition) is 1. The minimum atomic E-state index is -0.927. The Morgan fingerprint density at radius 2 is 2.19 bits per heavy atom. The van der Waals surface area contributed by atoms with Gasteiger partial charge in [-0.3, -0.25) is 0 Å². The first-order valence-electron chi connectivity index (χ1n) is 7.25. The van der Waals surface area contributed by atoms with Gasteiger partial charge < -0.3 is 9.67 Å². The number of imidazole rings is 1. The summed E-state index contributed by atoms with van der Waals surface area (Å²) in [6, 6.07) is 7.95. The van der Waals surface area contributed by atoms with Crippen molar-refractivity contribution in [3.63, 3.8) is 0 Å². The van der Waals surface area contributed by atoms with Crippen molar-refractivity contribution in [2.24, 2.45) is 0 Å². The average molecular weight is 282 g/mol. The number of aromatic nitrogens is 2. The maximum Gasteiger partial charge on any atom is 0.328 e. The van der Waals surface area contributed by atoms with Gasteiger partial charge in [0, 0.05) is 18.3 Å². The summed E-state index contributed by atoms with van der Waals surface area (Å²) in [5, 5.41) is 8.68. The second kappa shape index (κ2) is 5.95. The van der Waals surface area contributed by atoms with E-state index in [1.165, 1.54) is 24.2 Å². The largest absolute Gasteiger partial charge is 0.478 e. The topological polar surface area (TPSA) is 55.1 Å². The third kappa shape index (κ3) is 3.21. The van der Waals surface area contributed by atoms with E-state index in [1.54, 1.807) is 6.08 Å². The first-order valence-corrected chi connectivity index (χ1v) is 7.25.